The van der Waals surface area contributed by atoms with Crippen LogP contribution in [0, 0.1) is 0 Å². The lowest BCUT2D eigenvalue weighted by Gasteiger charge is -2.32. The first-order chi connectivity index (χ1) is 11.2. The number of benzene rings is 1. The quantitative estimate of drug-likeness (QED) is 0.727. The second-order valence-corrected chi connectivity index (χ2v) is 5.48. The van der Waals surface area contributed by atoms with Gasteiger partial charge in [0.15, 0.2) is 0 Å². The lowest BCUT2D eigenvalue weighted by atomic mass is 10.0. The normalized spacial score (nSPS) is 18.0. The van der Waals surface area contributed by atoms with Crippen LogP contribution in [0.2, 0.25) is 0 Å². The molecule has 1 fully saturated rings. The summed E-state index contributed by atoms with van der Waals surface area (Å²) in [7, 11) is 0. The Kier molecular flexibility index (Phi) is 6.40. The fourth-order valence-electron chi connectivity index (χ4n) is 2.72. The van der Waals surface area contributed by atoms with Gasteiger partial charge in [0, 0.05) is 19.6 Å². The van der Waals surface area contributed by atoms with Crippen molar-refractivity contribution in [2.24, 2.45) is 0 Å². The molecule has 1 saturated heterocycles. The minimum atomic E-state index is -0.550. The highest BCUT2D eigenvalue weighted by atomic mass is 16.5. The molecule has 0 radical (unpaired) electrons. The van der Waals surface area contributed by atoms with E-state index in [1.807, 2.05) is 24.3 Å². The predicted octanol–water partition coefficient (Wildman–Crippen LogP) is 1.04. The molecule has 0 aliphatic carbocycles. The Labute approximate surface area is 137 Å². The Morgan fingerprint density at radius 2 is 2.00 bits per heavy atom. The van der Waals surface area contributed by atoms with Crippen LogP contribution in [-0.4, -0.2) is 61.4 Å². The minimum Gasteiger partial charge on any atom is -0.492 e. The van der Waals surface area contributed by atoms with Gasteiger partial charge >= 0.3 is 0 Å². The Bertz CT molecular complexity index is 514. The molecule has 1 aromatic rings. The van der Waals surface area contributed by atoms with Crippen LogP contribution in [-0.2, 0) is 9.59 Å². The monoisotopic (exact) mass is 319 g/mol. The van der Waals surface area contributed by atoms with Crippen LogP contribution in [0.3, 0.4) is 0 Å². The molecule has 126 valence electrons. The van der Waals surface area contributed by atoms with Crippen LogP contribution >= 0.6 is 0 Å². The molecule has 1 aliphatic rings. The molecule has 1 heterocycles. The Hall–Kier alpha value is -2.08. The molecular formula is C17H25N3O3. The molecule has 1 unspecified atom stereocenters. The number of nitrogens with one attached hydrogen (secondary N) is 1. The van der Waals surface area contributed by atoms with E-state index in [0.717, 1.165) is 37.4 Å². The fourth-order valence-corrected chi connectivity index (χ4v) is 2.72. The summed E-state index contributed by atoms with van der Waals surface area (Å²) in [6.45, 7) is 8.83. The molecule has 23 heavy (non-hydrogen) atoms. The molecular weight excluding hydrogens is 294 g/mol. The SMILES string of the molecule is CCN(CC)CCOc1ccc(C2C(=O)NCCN2C=O)cc1. The van der Waals surface area contributed by atoms with E-state index in [2.05, 4.69) is 24.1 Å². The van der Waals surface area contributed by atoms with Crippen molar-refractivity contribution in [1.82, 2.24) is 15.1 Å². The van der Waals surface area contributed by atoms with Crippen LogP contribution in [0.25, 0.3) is 0 Å². The van der Waals surface area contributed by atoms with Crippen LogP contribution in [0.4, 0.5) is 0 Å². The topological polar surface area (TPSA) is 61.9 Å². The van der Waals surface area contributed by atoms with Crippen LogP contribution in [0.1, 0.15) is 25.5 Å². The lowest BCUT2D eigenvalue weighted by molar-refractivity contribution is -0.136. The van der Waals surface area contributed by atoms with Crippen LogP contribution in [0.5, 0.6) is 5.75 Å². The molecule has 1 aromatic carbocycles. The second kappa shape index (κ2) is 8.53. The molecule has 2 rings (SSSR count). The van der Waals surface area contributed by atoms with Crippen molar-refractivity contribution in [2.75, 3.05) is 39.3 Å². The molecule has 0 bridgehead atoms. The standard InChI is InChI=1S/C17H25N3O3/c1-3-19(4-2)11-12-23-15-7-5-14(6-8-15)16-17(22)18-9-10-20(16)13-21/h5-8,13,16H,3-4,9-12H2,1-2H3,(H,18,22). The maximum atomic E-state index is 12.0. The second-order valence-electron chi connectivity index (χ2n) is 5.48. The molecule has 1 N–H and O–H groups in total. The van der Waals surface area contributed by atoms with Gasteiger partial charge in [-0.3, -0.25) is 9.59 Å². The third-order valence-corrected chi connectivity index (χ3v) is 4.15. The summed E-state index contributed by atoms with van der Waals surface area (Å²) in [6.07, 6.45) is 0.734. The number of piperazine rings is 1. The maximum Gasteiger partial charge on any atom is 0.247 e. The van der Waals surface area contributed by atoms with Gasteiger partial charge in [-0.05, 0) is 30.8 Å². The van der Waals surface area contributed by atoms with Crippen molar-refractivity contribution in [2.45, 2.75) is 19.9 Å². The summed E-state index contributed by atoms with van der Waals surface area (Å²) in [4.78, 5) is 27.0. The molecule has 0 saturated carbocycles. The average molecular weight is 319 g/mol. The van der Waals surface area contributed by atoms with Gasteiger partial charge in [0.1, 0.15) is 18.4 Å². The highest BCUT2D eigenvalue weighted by molar-refractivity contribution is 5.86. The van der Waals surface area contributed by atoms with Gasteiger partial charge in [0.05, 0.1) is 0 Å². The van der Waals surface area contributed by atoms with E-state index >= 15 is 0 Å². The Morgan fingerprint density at radius 3 is 2.61 bits per heavy atom. The zero-order valence-electron chi connectivity index (χ0n) is 13.8. The highest BCUT2D eigenvalue weighted by Gasteiger charge is 2.29. The van der Waals surface area contributed by atoms with Crippen molar-refractivity contribution >= 4 is 12.3 Å². The van der Waals surface area contributed by atoms with Gasteiger partial charge in [0.2, 0.25) is 12.3 Å². The zero-order chi connectivity index (χ0) is 16.7. The van der Waals surface area contributed by atoms with Gasteiger partial charge in [-0.15, -0.1) is 0 Å². The summed E-state index contributed by atoms with van der Waals surface area (Å²) in [5.74, 6) is 0.633. The average Bonchev–Trinajstić information content (AvgIpc) is 2.59. The van der Waals surface area contributed by atoms with Crippen molar-refractivity contribution < 1.29 is 14.3 Å². The largest absolute Gasteiger partial charge is 0.492 e. The number of hydrogen-bond acceptors (Lipinski definition) is 4. The van der Waals surface area contributed by atoms with Gasteiger partial charge in [0.25, 0.3) is 0 Å². The maximum absolute atomic E-state index is 12.0. The number of carbonyl (C=O) groups is 2. The van der Waals surface area contributed by atoms with Gasteiger partial charge in [-0.1, -0.05) is 26.0 Å². The number of ether oxygens (including phenoxy) is 1. The molecule has 2 amide bonds. The zero-order valence-corrected chi connectivity index (χ0v) is 13.8. The predicted molar refractivity (Wildman–Crippen MR) is 88.2 cm³/mol. The summed E-state index contributed by atoms with van der Waals surface area (Å²) in [5, 5.41) is 2.79. The molecule has 6 nitrogen and oxygen atoms in total. The van der Waals surface area contributed by atoms with Crippen molar-refractivity contribution in [3.63, 3.8) is 0 Å². The van der Waals surface area contributed by atoms with Crippen molar-refractivity contribution in [3.8, 4) is 5.75 Å². The summed E-state index contributed by atoms with van der Waals surface area (Å²) in [5.41, 5.74) is 0.797. The first kappa shape index (κ1) is 17.3. The third-order valence-electron chi connectivity index (χ3n) is 4.15. The van der Waals surface area contributed by atoms with E-state index in [1.54, 1.807) is 0 Å². The fraction of sp³-hybridized carbons (Fsp3) is 0.529. The smallest absolute Gasteiger partial charge is 0.247 e. The summed E-state index contributed by atoms with van der Waals surface area (Å²) >= 11 is 0. The minimum absolute atomic E-state index is 0.140. The summed E-state index contributed by atoms with van der Waals surface area (Å²) < 4.78 is 5.74. The van der Waals surface area contributed by atoms with Crippen molar-refractivity contribution in [1.29, 1.82) is 0 Å². The number of rotatable bonds is 8. The Morgan fingerprint density at radius 1 is 1.30 bits per heavy atom. The van der Waals surface area contributed by atoms with E-state index < -0.39 is 6.04 Å². The lowest BCUT2D eigenvalue weighted by Crippen LogP contribution is -2.49. The van der Waals surface area contributed by atoms with E-state index in [1.165, 1.54) is 4.90 Å². The van der Waals surface area contributed by atoms with Crippen LogP contribution in [0.15, 0.2) is 24.3 Å². The van der Waals surface area contributed by atoms with E-state index in [9.17, 15) is 9.59 Å². The number of nitrogens with zero attached hydrogens (tertiary/aromatic N) is 2. The molecule has 0 spiro atoms. The number of carbonyl (C=O) groups excluding carboxylic acids is 2. The Balaban J connectivity index is 1.95. The van der Waals surface area contributed by atoms with Crippen molar-refractivity contribution in [3.05, 3.63) is 29.8 Å². The van der Waals surface area contributed by atoms with E-state index in [4.69, 9.17) is 4.74 Å². The molecule has 0 aromatic heterocycles. The molecule has 6 heteroatoms. The van der Waals surface area contributed by atoms with Gasteiger partial charge < -0.3 is 19.9 Å². The van der Waals surface area contributed by atoms with E-state index in [0.29, 0.717) is 19.7 Å². The van der Waals surface area contributed by atoms with Gasteiger partial charge in [-0.25, -0.2) is 0 Å². The first-order valence-corrected chi connectivity index (χ1v) is 8.13. The number of likely N-dealkylation sites (N-methyl/N-ethyl adjacent to an activating group) is 1. The van der Waals surface area contributed by atoms with Gasteiger partial charge in [-0.2, -0.15) is 0 Å². The molecule has 1 atom stereocenters. The number of amides is 2. The number of hydrogen-bond donors (Lipinski definition) is 1. The summed E-state index contributed by atoms with van der Waals surface area (Å²) in [6, 6.07) is 6.84. The third kappa shape index (κ3) is 4.45. The van der Waals surface area contributed by atoms with Crippen LogP contribution < -0.4 is 10.1 Å². The highest BCUT2D eigenvalue weighted by Crippen LogP contribution is 2.24. The first-order valence-electron chi connectivity index (χ1n) is 8.13. The molecule has 1 aliphatic heterocycles. The van der Waals surface area contributed by atoms with E-state index in [-0.39, 0.29) is 5.91 Å².